The lowest BCUT2D eigenvalue weighted by Crippen LogP contribution is -2.10. The molecule has 78 valence electrons. The van der Waals surface area contributed by atoms with E-state index < -0.39 is 36.1 Å². The predicted octanol–water partition coefficient (Wildman–Crippen LogP) is 2.02. The van der Waals surface area contributed by atoms with E-state index in [4.69, 9.17) is 5.73 Å². The maximum atomic E-state index is 12.9. The predicted molar refractivity (Wildman–Crippen MR) is 40.9 cm³/mol. The van der Waals surface area contributed by atoms with Gasteiger partial charge in [0.25, 0.3) is 0 Å². The molecule has 0 saturated carbocycles. The second kappa shape index (κ2) is 4.28. The van der Waals surface area contributed by atoms with Gasteiger partial charge in [-0.25, -0.2) is 8.78 Å². The van der Waals surface area contributed by atoms with Crippen molar-refractivity contribution in [3.63, 3.8) is 0 Å². The summed E-state index contributed by atoms with van der Waals surface area (Å²) in [7, 11) is 0. The van der Waals surface area contributed by atoms with Crippen LogP contribution in [0.25, 0.3) is 0 Å². The Morgan fingerprint density at radius 1 is 1.21 bits per heavy atom. The molecule has 0 heterocycles. The van der Waals surface area contributed by atoms with Crippen LogP contribution in [0.1, 0.15) is 5.56 Å². The van der Waals surface area contributed by atoms with Gasteiger partial charge in [-0.15, -0.1) is 0 Å². The smallest absolute Gasteiger partial charge is 0.387 e. The molecule has 1 aromatic rings. The molecule has 0 radical (unpaired) electrons. The zero-order valence-electron chi connectivity index (χ0n) is 6.94. The number of benzene rings is 1. The Hall–Kier alpha value is -1.30. The van der Waals surface area contributed by atoms with Crippen molar-refractivity contribution in [2.24, 2.45) is 5.73 Å². The van der Waals surface area contributed by atoms with Crippen LogP contribution in [0, 0.1) is 11.6 Å². The summed E-state index contributed by atoms with van der Waals surface area (Å²) in [6.45, 7) is -3.62. The summed E-state index contributed by atoms with van der Waals surface area (Å²) >= 11 is 0. The Labute approximate surface area is 77.3 Å². The van der Waals surface area contributed by atoms with Crippen molar-refractivity contribution in [2.45, 2.75) is 13.2 Å². The van der Waals surface area contributed by atoms with Gasteiger partial charge in [-0.05, 0) is 12.1 Å². The summed E-state index contributed by atoms with van der Waals surface area (Å²) in [6, 6.07) is 1.50. The fraction of sp³-hybridized carbons (Fsp3) is 0.250. The monoisotopic (exact) mass is 209 g/mol. The number of hydrogen-bond acceptors (Lipinski definition) is 2. The first-order valence-corrected chi connectivity index (χ1v) is 3.68. The topological polar surface area (TPSA) is 35.2 Å². The van der Waals surface area contributed by atoms with Crippen LogP contribution < -0.4 is 10.5 Å². The van der Waals surface area contributed by atoms with Crippen molar-refractivity contribution in [2.75, 3.05) is 0 Å². The van der Waals surface area contributed by atoms with E-state index in [-0.39, 0.29) is 0 Å². The summed E-state index contributed by atoms with van der Waals surface area (Å²) in [6.07, 6.45) is 0. The first-order valence-electron chi connectivity index (χ1n) is 3.68. The Kier molecular flexibility index (Phi) is 3.29. The van der Waals surface area contributed by atoms with Crippen molar-refractivity contribution in [1.29, 1.82) is 0 Å². The van der Waals surface area contributed by atoms with Crippen molar-refractivity contribution >= 4 is 0 Å². The molecule has 0 aliphatic heterocycles. The Morgan fingerprint density at radius 3 is 2.29 bits per heavy atom. The molecule has 0 amide bonds. The van der Waals surface area contributed by atoms with Gasteiger partial charge in [-0.2, -0.15) is 8.78 Å². The minimum Gasteiger partial charge on any atom is -0.431 e. The molecule has 0 fully saturated rings. The summed E-state index contributed by atoms with van der Waals surface area (Å²) in [5, 5.41) is 0. The van der Waals surface area contributed by atoms with E-state index in [0.29, 0.717) is 6.07 Å². The maximum Gasteiger partial charge on any atom is 0.387 e. The van der Waals surface area contributed by atoms with Crippen molar-refractivity contribution in [1.82, 2.24) is 0 Å². The van der Waals surface area contributed by atoms with Gasteiger partial charge in [0.2, 0.25) is 0 Å². The Balaban J connectivity index is 3.16. The van der Waals surface area contributed by atoms with Gasteiger partial charge < -0.3 is 10.5 Å². The SMILES string of the molecule is NCc1c(F)ccc(F)c1OC(F)F. The van der Waals surface area contributed by atoms with E-state index in [0.717, 1.165) is 6.07 Å². The average Bonchev–Trinajstić information content (AvgIpc) is 2.11. The molecule has 0 spiro atoms. The van der Waals surface area contributed by atoms with Crippen molar-refractivity contribution in [3.8, 4) is 5.75 Å². The summed E-state index contributed by atoms with van der Waals surface area (Å²) in [4.78, 5) is 0. The van der Waals surface area contributed by atoms with Crippen LogP contribution in [0.5, 0.6) is 5.75 Å². The summed E-state index contributed by atoms with van der Waals surface area (Å²) < 4.78 is 53.2. The molecular formula is C8H7F4NO. The fourth-order valence-corrected chi connectivity index (χ4v) is 0.982. The van der Waals surface area contributed by atoms with Crippen LogP contribution in [-0.4, -0.2) is 6.61 Å². The number of rotatable bonds is 3. The van der Waals surface area contributed by atoms with E-state index in [1.54, 1.807) is 0 Å². The van der Waals surface area contributed by atoms with Crippen LogP contribution in [0.4, 0.5) is 17.6 Å². The van der Waals surface area contributed by atoms with Gasteiger partial charge in [-0.3, -0.25) is 0 Å². The third-order valence-electron chi connectivity index (χ3n) is 1.57. The van der Waals surface area contributed by atoms with Crippen LogP contribution in [0.3, 0.4) is 0 Å². The molecule has 1 aromatic carbocycles. The number of nitrogens with two attached hydrogens (primary N) is 1. The van der Waals surface area contributed by atoms with E-state index in [1.165, 1.54) is 0 Å². The highest BCUT2D eigenvalue weighted by Crippen LogP contribution is 2.26. The van der Waals surface area contributed by atoms with Crippen LogP contribution in [0.2, 0.25) is 0 Å². The lowest BCUT2D eigenvalue weighted by atomic mass is 10.2. The third kappa shape index (κ3) is 2.14. The minimum atomic E-state index is -3.21. The van der Waals surface area contributed by atoms with Gasteiger partial charge in [0, 0.05) is 12.1 Å². The molecule has 0 unspecified atom stereocenters. The number of halogens is 4. The highest BCUT2D eigenvalue weighted by molar-refractivity contribution is 5.36. The molecule has 0 aliphatic rings. The lowest BCUT2D eigenvalue weighted by Gasteiger charge is -2.10. The molecule has 2 nitrogen and oxygen atoms in total. The second-order valence-electron chi connectivity index (χ2n) is 2.42. The molecule has 0 bridgehead atoms. The molecule has 0 aliphatic carbocycles. The highest BCUT2D eigenvalue weighted by Gasteiger charge is 2.17. The molecular weight excluding hydrogens is 202 g/mol. The normalized spacial score (nSPS) is 10.7. The molecule has 14 heavy (non-hydrogen) atoms. The Morgan fingerprint density at radius 2 is 1.79 bits per heavy atom. The maximum absolute atomic E-state index is 12.9. The molecule has 6 heteroatoms. The lowest BCUT2D eigenvalue weighted by molar-refractivity contribution is -0.0530. The molecule has 0 aromatic heterocycles. The highest BCUT2D eigenvalue weighted by atomic mass is 19.3. The molecule has 1 rings (SSSR count). The minimum absolute atomic E-state index is 0.398. The zero-order valence-corrected chi connectivity index (χ0v) is 6.94. The van der Waals surface area contributed by atoms with Gasteiger partial charge in [-0.1, -0.05) is 0 Å². The largest absolute Gasteiger partial charge is 0.431 e. The molecule has 0 saturated heterocycles. The van der Waals surface area contributed by atoms with Crippen LogP contribution in [-0.2, 0) is 6.54 Å². The number of hydrogen-bond donors (Lipinski definition) is 1. The van der Waals surface area contributed by atoms with E-state index in [1.807, 2.05) is 0 Å². The van der Waals surface area contributed by atoms with E-state index in [2.05, 4.69) is 4.74 Å². The van der Waals surface area contributed by atoms with E-state index in [9.17, 15) is 17.6 Å². The van der Waals surface area contributed by atoms with Crippen molar-refractivity contribution < 1.29 is 22.3 Å². The van der Waals surface area contributed by atoms with Crippen molar-refractivity contribution in [3.05, 3.63) is 29.3 Å². The van der Waals surface area contributed by atoms with Crippen LogP contribution >= 0.6 is 0 Å². The third-order valence-corrected chi connectivity index (χ3v) is 1.57. The van der Waals surface area contributed by atoms with Gasteiger partial charge in [0.1, 0.15) is 5.82 Å². The van der Waals surface area contributed by atoms with E-state index >= 15 is 0 Å². The summed E-state index contributed by atoms with van der Waals surface area (Å²) in [5.74, 6) is -2.76. The molecule has 0 atom stereocenters. The second-order valence-corrected chi connectivity index (χ2v) is 2.42. The van der Waals surface area contributed by atoms with Gasteiger partial charge >= 0.3 is 6.61 Å². The zero-order chi connectivity index (χ0) is 10.7. The first kappa shape index (κ1) is 10.8. The summed E-state index contributed by atoms with van der Waals surface area (Å²) in [5.41, 5.74) is 4.67. The fourth-order valence-electron chi connectivity index (χ4n) is 0.982. The number of alkyl halides is 2. The Bertz CT molecular complexity index is 329. The molecule has 2 N–H and O–H groups in total. The quantitative estimate of drug-likeness (QED) is 0.773. The van der Waals surface area contributed by atoms with Crippen LogP contribution in [0.15, 0.2) is 12.1 Å². The van der Waals surface area contributed by atoms with Gasteiger partial charge in [0.15, 0.2) is 11.6 Å². The van der Waals surface area contributed by atoms with Gasteiger partial charge in [0.05, 0.1) is 0 Å². The average molecular weight is 209 g/mol. The first-order chi connectivity index (χ1) is 6.56. The number of ether oxygens (including phenoxy) is 1. The standard InChI is InChI=1S/C8H7F4NO/c9-5-1-2-6(10)7(4(5)3-13)14-8(11)12/h1-2,8H,3,13H2.